The first kappa shape index (κ1) is 13.9. The highest BCUT2D eigenvalue weighted by molar-refractivity contribution is 5.97. The third-order valence-corrected chi connectivity index (χ3v) is 2.87. The zero-order chi connectivity index (χ0) is 14.9. The lowest BCUT2D eigenvalue weighted by molar-refractivity contribution is 0.0685. The smallest absolute Gasteiger partial charge is 0.352 e. The van der Waals surface area contributed by atoms with Crippen molar-refractivity contribution in [2.24, 2.45) is 0 Å². The average Bonchev–Trinajstić information content (AvgIpc) is 2.78. The zero-order valence-corrected chi connectivity index (χ0v) is 10.6. The first-order valence-corrected chi connectivity index (χ1v) is 5.77. The molecule has 0 aliphatic heterocycles. The van der Waals surface area contributed by atoms with E-state index in [0.717, 1.165) is 18.2 Å². The van der Waals surface area contributed by atoms with Crippen LogP contribution in [0, 0.1) is 11.6 Å². The highest BCUT2D eigenvalue weighted by atomic mass is 19.1. The van der Waals surface area contributed by atoms with Crippen molar-refractivity contribution in [1.82, 2.24) is 4.57 Å². The molecular weight excluding hydrogens is 268 g/mol. The Labute approximate surface area is 113 Å². The molecule has 2 rings (SSSR count). The summed E-state index contributed by atoms with van der Waals surface area (Å²) in [6.07, 6.45) is 1.32. The largest absolute Gasteiger partial charge is 0.477 e. The van der Waals surface area contributed by atoms with E-state index in [4.69, 9.17) is 5.11 Å². The number of hydrogen-bond acceptors (Lipinski definition) is 2. The standard InChI is InChI=1S/C14H11F2NO3/c1-8(18)9-5-13(14(19)20)17(6-9)7-10-4-11(15)2-3-12(10)16/h2-6H,7H2,1H3,(H,19,20). The van der Waals surface area contributed by atoms with Gasteiger partial charge in [0.15, 0.2) is 5.78 Å². The van der Waals surface area contributed by atoms with Crippen molar-refractivity contribution < 1.29 is 23.5 Å². The van der Waals surface area contributed by atoms with Gasteiger partial charge in [-0.25, -0.2) is 13.6 Å². The number of aromatic carboxylic acids is 1. The van der Waals surface area contributed by atoms with Gasteiger partial charge in [-0.15, -0.1) is 0 Å². The number of carboxylic acids is 1. The number of hydrogen-bond donors (Lipinski definition) is 1. The van der Waals surface area contributed by atoms with Crippen LogP contribution in [0.4, 0.5) is 8.78 Å². The van der Waals surface area contributed by atoms with Crippen LogP contribution in [0.3, 0.4) is 0 Å². The van der Waals surface area contributed by atoms with Gasteiger partial charge < -0.3 is 9.67 Å². The highest BCUT2D eigenvalue weighted by Gasteiger charge is 2.16. The second kappa shape index (κ2) is 5.24. The lowest BCUT2D eigenvalue weighted by Gasteiger charge is -2.07. The van der Waals surface area contributed by atoms with Crippen LogP contribution in [-0.2, 0) is 6.54 Å². The normalized spacial score (nSPS) is 10.6. The van der Waals surface area contributed by atoms with E-state index in [1.807, 2.05) is 0 Å². The zero-order valence-electron chi connectivity index (χ0n) is 10.6. The lowest BCUT2D eigenvalue weighted by atomic mass is 10.2. The minimum atomic E-state index is -1.24. The number of ketones is 1. The maximum atomic E-state index is 13.6. The molecule has 0 saturated carbocycles. The monoisotopic (exact) mass is 279 g/mol. The predicted octanol–water partition coefficient (Wildman–Crippen LogP) is 2.72. The minimum absolute atomic E-state index is 0.0122. The van der Waals surface area contributed by atoms with E-state index in [1.165, 1.54) is 23.8 Å². The third-order valence-electron chi connectivity index (χ3n) is 2.87. The molecule has 104 valence electrons. The molecule has 0 atom stereocenters. The Kier molecular flexibility index (Phi) is 3.65. The minimum Gasteiger partial charge on any atom is -0.477 e. The highest BCUT2D eigenvalue weighted by Crippen LogP contribution is 2.16. The summed E-state index contributed by atoms with van der Waals surface area (Å²) < 4.78 is 27.9. The Morgan fingerprint density at radius 2 is 1.95 bits per heavy atom. The predicted molar refractivity (Wildman–Crippen MR) is 66.9 cm³/mol. The molecule has 0 amide bonds. The molecule has 0 fully saturated rings. The maximum absolute atomic E-state index is 13.6. The summed E-state index contributed by atoms with van der Waals surface area (Å²) in [5.41, 5.74) is 0.0660. The number of rotatable bonds is 4. The topological polar surface area (TPSA) is 59.3 Å². The van der Waals surface area contributed by atoms with Gasteiger partial charge in [0, 0.05) is 17.3 Å². The molecule has 1 heterocycles. The van der Waals surface area contributed by atoms with Gasteiger partial charge in [0.1, 0.15) is 17.3 Å². The Morgan fingerprint density at radius 3 is 2.55 bits per heavy atom. The average molecular weight is 279 g/mol. The van der Waals surface area contributed by atoms with E-state index < -0.39 is 17.6 Å². The number of benzene rings is 1. The second-order valence-electron chi connectivity index (χ2n) is 4.34. The van der Waals surface area contributed by atoms with Gasteiger partial charge in [-0.1, -0.05) is 0 Å². The number of nitrogens with zero attached hydrogens (tertiary/aromatic N) is 1. The molecule has 1 aromatic carbocycles. The lowest BCUT2D eigenvalue weighted by Crippen LogP contribution is -2.09. The van der Waals surface area contributed by atoms with Crippen molar-refractivity contribution in [3.8, 4) is 0 Å². The summed E-state index contributed by atoms with van der Waals surface area (Å²) in [5.74, 6) is -2.79. The van der Waals surface area contributed by atoms with E-state index in [2.05, 4.69) is 0 Å². The van der Waals surface area contributed by atoms with Crippen LogP contribution in [-0.4, -0.2) is 21.4 Å². The van der Waals surface area contributed by atoms with Gasteiger partial charge in [0.25, 0.3) is 0 Å². The third kappa shape index (κ3) is 2.74. The van der Waals surface area contributed by atoms with Gasteiger partial charge >= 0.3 is 5.97 Å². The van der Waals surface area contributed by atoms with Gasteiger partial charge in [-0.05, 0) is 31.2 Å². The fourth-order valence-corrected chi connectivity index (χ4v) is 1.86. The number of halogens is 2. The van der Waals surface area contributed by atoms with Gasteiger partial charge in [0.05, 0.1) is 6.54 Å². The van der Waals surface area contributed by atoms with E-state index in [-0.39, 0.29) is 29.1 Å². The van der Waals surface area contributed by atoms with Crippen LogP contribution in [0.1, 0.15) is 33.3 Å². The number of carbonyl (C=O) groups is 2. The van der Waals surface area contributed by atoms with Crippen molar-refractivity contribution >= 4 is 11.8 Å². The summed E-state index contributed by atoms with van der Waals surface area (Å²) in [4.78, 5) is 22.4. The molecule has 6 heteroatoms. The molecule has 0 spiro atoms. The van der Waals surface area contributed by atoms with Crippen molar-refractivity contribution in [2.45, 2.75) is 13.5 Å². The molecule has 0 bridgehead atoms. The Balaban J connectivity index is 2.44. The summed E-state index contributed by atoms with van der Waals surface area (Å²) in [6.45, 7) is 1.13. The van der Waals surface area contributed by atoms with Crippen LogP contribution in [0.2, 0.25) is 0 Å². The van der Waals surface area contributed by atoms with Crippen LogP contribution >= 0.6 is 0 Å². The van der Waals surface area contributed by atoms with Crippen molar-refractivity contribution in [1.29, 1.82) is 0 Å². The number of Topliss-reactive ketones (excluding diaryl/α,β-unsaturated/α-hetero) is 1. The second-order valence-corrected chi connectivity index (χ2v) is 4.34. The molecule has 0 unspecified atom stereocenters. The molecule has 0 saturated heterocycles. The maximum Gasteiger partial charge on any atom is 0.352 e. The first-order valence-electron chi connectivity index (χ1n) is 5.77. The number of carbonyl (C=O) groups excluding carboxylic acids is 1. The Bertz CT molecular complexity index is 692. The Morgan fingerprint density at radius 1 is 1.25 bits per heavy atom. The van der Waals surface area contributed by atoms with Crippen molar-refractivity contribution in [3.63, 3.8) is 0 Å². The number of carboxylic acid groups (broad SMARTS) is 1. The van der Waals surface area contributed by atoms with Crippen LogP contribution in [0.15, 0.2) is 30.5 Å². The quantitative estimate of drug-likeness (QED) is 0.875. The summed E-state index contributed by atoms with van der Waals surface area (Å²) in [6, 6.07) is 4.16. The van der Waals surface area contributed by atoms with Gasteiger partial charge in [-0.3, -0.25) is 4.79 Å². The van der Waals surface area contributed by atoms with Gasteiger partial charge in [0.2, 0.25) is 0 Å². The molecule has 1 N–H and O–H groups in total. The molecule has 4 nitrogen and oxygen atoms in total. The van der Waals surface area contributed by atoms with Gasteiger partial charge in [-0.2, -0.15) is 0 Å². The van der Waals surface area contributed by atoms with Crippen LogP contribution in [0.25, 0.3) is 0 Å². The SMILES string of the molecule is CC(=O)c1cc(C(=O)O)n(Cc2cc(F)ccc2F)c1. The molecule has 0 aliphatic rings. The summed E-state index contributed by atoms with van der Waals surface area (Å²) >= 11 is 0. The summed E-state index contributed by atoms with van der Waals surface area (Å²) in [7, 11) is 0. The fraction of sp³-hybridized carbons (Fsp3) is 0.143. The molecular formula is C14H11F2NO3. The first-order chi connectivity index (χ1) is 9.38. The fourth-order valence-electron chi connectivity index (χ4n) is 1.86. The molecule has 1 aromatic heterocycles. The molecule has 2 aromatic rings. The number of aromatic nitrogens is 1. The molecule has 0 radical (unpaired) electrons. The van der Waals surface area contributed by atoms with E-state index >= 15 is 0 Å². The van der Waals surface area contributed by atoms with E-state index in [0.29, 0.717) is 0 Å². The van der Waals surface area contributed by atoms with Crippen molar-refractivity contribution in [2.75, 3.05) is 0 Å². The Hall–Kier alpha value is -2.50. The van der Waals surface area contributed by atoms with E-state index in [1.54, 1.807) is 0 Å². The van der Waals surface area contributed by atoms with E-state index in [9.17, 15) is 18.4 Å². The summed E-state index contributed by atoms with van der Waals surface area (Å²) in [5, 5.41) is 9.06. The van der Waals surface area contributed by atoms with Crippen LogP contribution < -0.4 is 0 Å². The van der Waals surface area contributed by atoms with Crippen molar-refractivity contribution in [3.05, 3.63) is 58.9 Å². The molecule has 20 heavy (non-hydrogen) atoms. The molecule has 0 aliphatic carbocycles. The van der Waals surface area contributed by atoms with Crippen LogP contribution in [0.5, 0.6) is 0 Å².